The minimum atomic E-state index is 0.499. The number of hydrogen-bond donors (Lipinski definition) is 1. The first-order valence-electron chi connectivity index (χ1n) is 6.75. The van der Waals surface area contributed by atoms with E-state index in [0.29, 0.717) is 11.8 Å². The summed E-state index contributed by atoms with van der Waals surface area (Å²) in [5.41, 5.74) is 2.55. The molecule has 2 aromatic heterocycles. The normalized spacial score (nSPS) is 11.1. The fraction of sp³-hybridized carbons (Fsp3) is 0.375. The molecule has 2 rings (SSSR count). The van der Waals surface area contributed by atoms with E-state index in [1.165, 1.54) is 11.1 Å². The molecule has 1 N–H and O–H groups in total. The fourth-order valence-corrected chi connectivity index (χ4v) is 1.88. The van der Waals surface area contributed by atoms with E-state index >= 15 is 0 Å². The van der Waals surface area contributed by atoms with Crippen LogP contribution < -0.4 is 5.32 Å². The van der Waals surface area contributed by atoms with Gasteiger partial charge in [-0.05, 0) is 47.2 Å². The molecule has 100 valence electrons. The lowest BCUT2D eigenvalue weighted by Gasteiger charge is -2.11. The highest BCUT2D eigenvalue weighted by molar-refractivity contribution is 5.53. The Labute approximate surface area is 115 Å². The van der Waals surface area contributed by atoms with Crippen LogP contribution in [-0.2, 0) is 0 Å². The number of hydrogen-bond acceptors (Lipinski definition) is 3. The third-order valence-electron chi connectivity index (χ3n) is 3.16. The van der Waals surface area contributed by atoms with Gasteiger partial charge in [0.1, 0.15) is 11.6 Å². The molecule has 0 amide bonds. The van der Waals surface area contributed by atoms with Gasteiger partial charge in [0.15, 0.2) is 0 Å². The molecule has 0 atom stereocenters. The molecule has 0 aliphatic heterocycles. The monoisotopic (exact) mass is 255 g/mol. The summed E-state index contributed by atoms with van der Waals surface area (Å²) in [6, 6.07) is 8.25. The highest BCUT2D eigenvalue weighted by Crippen LogP contribution is 2.21. The molecule has 0 radical (unpaired) electrons. The van der Waals surface area contributed by atoms with Gasteiger partial charge in [-0.15, -0.1) is 0 Å². The molecule has 0 unspecified atom stereocenters. The fourth-order valence-electron chi connectivity index (χ4n) is 1.88. The first kappa shape index (κ1) is 13.5. The van der Waals surface area contributed by atoms with E-state index in [0.717, 1.165) is 11.6 Å². The van der Waals surface area contributed by atoms with Crippen LogP contribution in [0.15, 0.2) is 36.7 Å². The van der Waals surface area contributed by atoms with Gasteiger partial charge in [0.25, 0.3) is 0 Å². The van der Waals surface area contributed by atoms with Crippen molar-refractivity contribution >= 4 is 11.6 Å². The molecule has 2 heterocycles. The van der Waals surface area contributed by atoms with Crippen molar-refractivity contribution in [1.29, 1.82) is 0 Å². The molecule has 0 aromatic carbocycles. The Bertz CT molecular complexity index is 498. The van der Waals surface area contributed by atoms with Gasteiger partial charge in [0, 0.05) is 12.4 Å². The van der Waals surface area contributed by atoms with Crippen LogP contribution in [0.4, 0.5) is 11.6 Å². The third kappa shape index (κ3) is 3.53. The Kier molecular flexibility index (Phi) is 4.15. The Morgan fingerprint density at radius 2 is 1.21 bits per heavy atom. The maximum atomic E-state index is 4.34. The first-order chi connectivity index (χ1) is 9.06. The van der Waals surface area contributed by atoms with Crippen LogP contribution in [0.2, 0.25) is 0 Å². The number of anilines is 2. The first-order valence-corrected chi connectivity index (χ1v) is 6.75. The van der Waals surface area contributed by atoms with Gasteiger partial charge in [-0.25, -0.2) is 9.97 Å². The maximum absolute atomic E-state index is 4.34. The molecule has 0 aliphatic rings. The molecule has 0 aliphatic carbocycles. The predicted molar refractivity (Wildman–Crippen MR) is 79.9 cm³/mol. The van der Waals surface area contributed by atoms with Crippen molar-refractivity contribution in [2.45, 2.75) is 39.5 Å². The second-order valence-corrected chi connectivity index (χ2v) is 5.38. The van der Waals surface area contributed by atoms with Gasteiger partial charge in [-0.3, -0.25) is 0 Å². The molecule has 19 heavy (non-hydrogen) atoms. The van der Waals surface area contributed by atoms with E-state index in [1.807, 2.05) is 24.5 Å². The maximum Gasteiger partial charge on any atom is 0.131 e. The number of nitrogens with one attached hydrogen (secondary N) is 1. The number of pyridine rings is 2. The van der Waals surface area contributed by atoms with Gasteiger partial charge in [0.05, 0.1) is 0 Å². The van der Waals surface area contributed by atoms with Gasteiger partial charge in [-0.1, -0.05) is 27.7 Å². The van der Waals surface area contributed by atoms with Gasteiger partial charge >= 0.3 is 0 Å². The summed E-state index contributed by atoms with van der Waals surface area (Å²) >= 11 is 0. The topological polar surface area (TPSA) is 37.8 Å². The highest BCUT2D eigenvalue weighted by atomic mass is 15.0. The van der Waals surface area contributed by atoms with E-state index in [4.69, 9.17) is 0 Å². The molecule has 0 bridgehead atoms. The Hall–Kier alpha value is -1.90. The largest absolute Gasteiger partial charge is 0.325 e. The quantitative estimate of drug-likeness (QED) is 0.876. The summed E-state index contributed by atoms with van der Waals surface area (Å²) in [6.45, 7) is 8.71. The van der Waals surface area contributed by atoms with Crippen LogP contribution in [0.5, 0.6) is 0 Å². The van der Waals surface area contributed by atoms with Crippen LogP contribution in [0.25, 0.3) is 0 Å². The number of nitrogens with zero attached hydrogens (tertiary/aromatic N) is 2. The van der Waals surface area contributed by atoms with Crippen LogP contribution in [0.1, 0.15) is 50.7 Å². The van der Waals surface area contributed by atoms with Crippen LogP contribution in [0, 0.1) is 0 Å². The summed E-state index contributed by atoms with van der Waals surface area (Å²) in [5.74, 6) is 2.69. The highest BCUT2D eigenvalue weighted by Gasteiger charge is 2.04. The van der Waals surface area contributed by atoms with Crippen LogP contribution >= 0.6 is 0 Å². The zero-order valence-corrected chi connectivity index (χ0v) is 12.0. The minimum Gasteiger partial charge on any atom is -0.325 e. The lowest BCUT2D eigenvalue weighted by atomic mass is 10.0. The van der Waals surface area contributed by atoms with Crippen LogP contribution in [-0.4, -0.2) is 9.97 Å². The van der Waals surface area contributed by atoms with Crippen molar-refractivity contribution in [2.75, 3.05) is 5.32 Å². The Morgan fingerprint density at radius 3 is 1.58 bits per heavy atom. The third-order valence-corrected chi connectivity index (χ3v) is 3.16. The average molecular weight is 255 g/mol. The molecule has 0 saturated heterocycles. The summed E-state index contributed by atoms with van der Waals surface area (Å²) in [6.07, 6.45) is 3.67. The summed E-state index contributed by atoms with van der Waals surface area (Å²) < 4.78 is 0. The molecule has 2 aromatic rings. The number of rotatable bonds is 4. The van der Waals surface area contributed by atoms with Crippen molar-refractivity contribution in [3.05, 3.63) is 47.8 Å². The molecule has 0 saturated carbocycles. The summed E-state index contributed by atoms with van der Waals surface area (Å²) in [5, 5.41) is 3.27. The minimum absolute atomic E-state index is 0.499. The van der Waals surface area contributed by atoms with Crippen molar-refractivity contribution in [3.63, 3.8) is 0 Å². The average Bonchev–Trinajstić information content (AvgIpc) is 2.39. The van der Waals surface area contributed by atoms with Crippen LogP contribution in [0.3, 0.4) is 0 Å². The second kappa shape index (κ2) is 5.83. The Morgan fingerprint density at radius 1 is 0.789 bits per heavy atom. The van der Waals surface area contributed by atoms with Gasteiger partial charge < -0.3 is 5.32 Å². The zero-order valence-electron chi connectivity index (χ0n) is 12.0. The lowest BCUT2D eigenvalue weighted by molar-refractivity contribution is 0.861. The molecular formula is C16H21N3. The lowest BCUT2D eigenvalue weighted by Crippen LogP contribution is -1.99. The molecule has 0 fully saturated rings. The smallest absolute Gasteiger partial charge is 0.131 e. The molecular weight excluding hydrogens is 234 g/mol. The second-order valence-electron chi connectivity index (χ2n) is 5.38. The Balaban J connectivity index is 2.21. The molecule has 3 heteroatoms. The SMILES string of the molecule is CC(C)c1ccnc(Nc2cc(C(C)C)ccn2)c1. The summed E-state index contributed by atoms with van der Waals surface area (Å²) in [4.78, 5) is 8.68. The van der Waals surface area contributed by atoms with Gasteiger partial charge in [0.2, 0.25) is 0 Å². The summed E-state index contributed by atoms with van der Waals surface area (Å²) in [7, 11) is 0. The van der Waals surface area contributed by atoms with Gasteiger partial charge in [-0.2, -0.15) is 0 Å². The van der Waals surface area contributed by atoms with Crippen molar-refractivity contribution < 1.29 is 0 Å². The van der Waals surface area contributed by atoms with Crippen molar-refractivity contribution in [1.82, 2.24) is 9.97 Å². The molecule has 3 nitrogen and oxygen atoms in total. The van der Waals surface area contributed by atoms with Crippen molar-refractivity contribution in [2.24, 2.45) is 0 Å². The standard InChI is InChI=1S/C16H21N3/c1-11(2)13-5-7-17-15(9-13)19-16-10-14(12(3)4)6-8-18-16/h5-12H,1-4H3,(H,17,18,19). The van der Waals surface area contributed by atoms with E-state index in [2.05, 4.69) is 55.1 Å². The van der Waals surface area contributed by atoms with E-state index in [-0.39, 0.29) is 0 Å². The van der Waals surface area contributed by atoms with E-state index < -0.39 is 0 Å². The van der Waals surface area contributed by atoms with Crippen molar-refractivity contribution in [3.8, 4) is 0 Å². The zero-order chi connectivity index (χ0) is 13.8. The molecule has 0 spiro atoms. The predicted octanol–water partition coefficient (Wildman–Crippen LogP) is 4.47. The van der Waals surface area contributed by atoms with E-state index in [9.17, 15) is 0 Å². The number of aromatic nitrogens is 2. The van der Waals surface area contributed by atoms with E-state index in [1.54, 1.807) is 0 Å².